The van der Waals surface area contributed by atoms with Crippen molar-refractivity contribution < 1.29 is 19.4 Å². The average Bonchev–Trinajstić information content (AvgIpc) is 2.27. The minimum Gasteiger partial charge on any atom is -0.480 e. The largest absolute Gasteiger partial charge is 0.480 e. The van der Waals surface area contributed by atoms with Gasteiger partial charge in [-0.2, -0.15) is 0 Å². The molecule has 7 heteroatoms. The summed E-state index contributed by atoms with van der Waals surface area (Å²) in [6.45, 7) is 8.92. The van der Waals surface area contributed by atoms with E-state index in [9.17, 15) is 14.7 Å². The highest BCUT2D eigenvalue weighted by molar-refractivity contribution is 5.84. The lowest BCUT2D eigenvalue weighted by Gasteiger charge is -2.54. The number of rotatable bonds is 2. The molecule has 1 amide bonds. The van der Waals surface area contributed by atoms with Crippen molar-refractivity contribution in [2.45, 2.75) is 31.9 Å². The standard InChI is InChI=1S/C14H25N3O4/c1-13(2,3)21-12(20)16-9-14(10-16,11(18)19)17-7-5-15(4)6-8-17/h5-10H2,1-4H3,(H,18,19). The predicted octanol–water partition coefficient (Wildman–Crippen LogP) is 0.308. The maximum absolute atomic E-state index is 12.0. The monoisotopic (exact) mass is 299 g/mol. The SMILES string of the molecule is CN1CCN(C2(C(=O)O)CN(C(=O)OC(C)(C)C)C2)CC1. The lowest BCUT2D eigenvalue weighted by Crippen LogP contribution is -2.76. The number of hydrogen-bond donors (Lipinski definition) is 1. The van der Waals surface area contributed by atoms with Gasteiger partial charge in [-0.3, -0.25) is 9.69 Å². The third-order valence-electron chi connectivity index (χ3n) is 4.06. The maximum atomic E-state index is 12.0. The highest BCUT2D eigenvalue weighted by atomic mass is 16.6. The summed E-state index contributed by atoms with van der Waals surface area (Å²) < 4.78 is 5.29. The van der Waals surface area contributed by atoms with Gasteiger partial charge >= 0.3 is 12.1 Å². The Balaban J connectivity index is 1.98. The second kappa shape index (κ2) is 5.46. The number of carboxylic acid groups (broad SMARTS) is 1. The van der Waals surface area contributed by atoms with Gasteiger partial charge in [-0.15, -0.1) is 0 Å². The molecule has 21 heavy (non-hydrogen) atoms. The van der Waals surface area contributed by atoms with E-state index in [1.807, 2.05) is 11.9 Å². The molecule has 7 nitrogen and oxygen atoms in total. The van der Waals surface area contributed by atoms with Crippen molar-refractivity contribution >= 4 is 12.1 Å². The van der Waals surface area contributed by atoms with Crippen LogP contribution in [0.25, 0.3) is 0 Å². The smallest absolute Gasteiger partial charge is 0.410 e. The molecule has 120 valence electrons. The summed E-state index contributed by atoms with van der Waals surface area (Å²) in [5.41, 5.74) is -1.51. The number of aliphatic carboxylic acids is 1. The molecule has 0 radical (unpaired) electrons. The number of carboxylic acids is 1. The van der Waals surface area contributed by atoms with Crippen LogP contribution in [0.4, 0.5) is 4.79 Å². The fourth-order valence-electron chi connectivity index (χ4n) is 2.75. The van der Waals surface area contributed by atoms with Crippen LogP contribution in [-0.2, 0) is 9.53 Å². The summed E-state index contributed by atoms with van der Waals surface area (Å²) in [7, 11) is 2.03. The van der Waals surface area contributed by atoms with Crippen LogP contribution in [0.5, 0.6) is 0 Å². The van der Waals surface area contributed by atoms with Crippen molar-refractivity contribution in [2.75, 3.05) is 46.3 Å². The van der Waals surface area contributed by atoms with Crippen LogP contribution >= 0.6 is 0 Å². The van der Waals surface area contributed by atoms with E-state index in [1.54, 1.807) is 20.8 Å². The van der Waals surface area contributed by atoms with Crippen LogP contribution in [0, 0.1) is 0 Å². The van der Waals surface area contributed by atoms with Crippen molar-refractivity contribution in [3.8, 4) is 0 Å². The van der Waals surface area contributed by atoms with E-state index in [4.69, 9.17) is 4.74 Å². The van der Waals surface area contributed by atoms with Gasteiger partial charge in [-0.25, -0.2) is 4.79 Å². The fourth-order valence-corrected chi connectivity index (χ4v) is 2.75. The summed E-state index contributed by atoms with van der Waals surface area (Å²) in [6.07, 6.45) is -0.437. The summed E-state index contributed by atoms with van der Waals surface area (Å²) in [6, 6.07) is 0. The number of hydrogen-bond acceptors (Lipinski definition) is 5. The number of carbonyl (C=O) groups excluding carboxylic acids is 1. The van der Waals surface area contributed by atoms with Gasteiger partial charge in [0.2, 0.25) is 0 Å². The molecule has 2 rings (SSSR count). The van der Waals surface area contributed by atoms with E-state index < -0.39 is 23.2 Å². The molecule has 0 aromatic carbocycles. The Morgan fingerprint density at radius 3 is 2.05 bits per heavy atom. The van der Waals surface area contributed by atoms with Crippen LogP contribution < -0.4 is 0 Å². The van der Waals surface area contributed by atoms with Crippen LogP contribution in [0.15, 0.2) is 0 Å². The molecule has 0 spiro atoms. The molecule has 0 unspecified atom stereocenters. The number of piperazine rings is 1. The zero-order chi connectivity index (χ0) is 15.8. The second-order valence-electron chi connectivity index (χ2n) is 6.96. The number of ether oxygens (including phenoxy) is 1. The molecule has 0 bridgehead atoms. The Bertz CT molecular complexity index is 418. The summed E-state index contributed by atoms with van der Waals surface area (Å²) >= 11 is 0. The number of nitrogens with zero attached hydrogens (tertiary/aromatic N) is 3. The van der Waals surface area contributed by atoms with E-state index in [2.05, 4.69) is 4.90 Å². The number of carbonyl (C=O) groups is 2. The first-order chi connectivity index (χ1) is 9.64. The molecular formula is C14H25N3O4. The summed E-state index contributed by atoms with van der Waals surface area (Å²) in [5.74, 6) is -0.855. The van der Waals surface area contributed by atoms with Gasteiger partial charge < -0.3 is 19.6 Å². The van der Waals surface area contributed by atoms with Gasteiger partial charge in [0.15, 0.2) is 5.54 Å². The quantitative estimate of drug-likeness (QED) is 0.791. The number of amides is 1. The van der Waals surface area contributed by atoms with Crippen molar-refractivity contribution in [2.24, 2.45) is 0 Å². The van der Waals surface area contributed by atoms with Gasteiger partial charge in [0.1, 0.15) is 5.60 Å². The minimum absolute atomic E-state index is 0.195. The third kappa shape index (κ3) is 3.29. The van der Waals surface area contributed by atoms with Gasteiger partial charge in [-0.05, 0) is 27.8 Å². The Labute approximate surface area is 125 Å². The first-order valence-corrected chi connectivity index (χ1v) is 7.29. The van der Waals surface area contributed by atoms with Crippen LogP contribution in [0.3, 0.4) is 0 Å². The first-order valence-electron chi connectivity index (χ1n) is 7.29. The molecule has 2 fully saturated rings. The second-order valence-corrected chi connectivity index (χ2v) is 6.96. The van der Waals surface area contributed by atoms with Crippen molar-refractivity contribution in [3.05, 3.63) is 0 Å². The molecular weight excluding hydrogens is 274 g/mol. The molecule has 0 aromatic rings. The molecule has 2 saturated heterocycles. The Morgan fingerprint density at radius 1 is 1.10 bits per heavy atom. The normalized spacial score (nSPS) is 23.5. The van der Waals surface area contributed by atoms with Crippen molar-refractivity contribution in [1.29, 1.82) is 0 Å². The Morgan fingerprint density at radius 2 is 1.62 bits per heavy atom. The summed E-state index contributed by atoms with van der Waals surface area (Å²) in [5, 5.41) is 9.60. The zero-order valence-electron chi connectivity index (χ0n) is 13.3. The van der Waals surface area contributed by atoms with Gasteiger partial charge in [0, 0.05) is 26.2 Å². The zero-order valence-corrected chi connectivity index (χ0v) is 13.3. The first kappa shape index (κ1) is 16.0. The molecule has 0 aromatic heterocycles. The number of likely N-dealkylation sites (tertiary alicyclic amines) is 1. The minimum atomic E-state index is -0.946. The Hall–Kier alpha value is -1.34. The average molecular weight is 299 g/mol. The molecule has 1 N–H and O–H groups in total. The lowest BCUT2D eigenvalue weighted by molar-refractivity contribution is -0.166. The third-order valence-corrected chi connectivity index (χ3v) is 4.06. The molecule has 0 atom stereocenters. The highest BCUT2D eigenvalue weighted by Gasteiger charge is 2.56. The molecule has 2 aliphatic heterocycles. The van der Waals surface area contributed by atoms with Crippen LogP contribution in [0.1, 0.15) is 20.8 Å². The van der Waals surface area contributed by atoms with Crippen LogP contribution in [-0.4, -0.2) is 89.3 Å². The van der Waals surface area contributed by atoms with Gasteiger partial charge in [-0.1, -0.05) is 0 Å². The lowest BCUT2D eigenvalue weighted by atomic mass is 9.87. The van der Waals surface area contributed by atoms with E-state index in [0.29, 0.717) is 13.1 Å². The molecule has 0 saturated carbocycles. The highest BCUT2D eigenvalue weighted by Crippen LogP contribution is 2.30. The van der Waals surface area contributed by atoms with Gasteiger partial charge in [0.25, 0.3) is 0 Å². The topological polar surface area (TPSA) is 73.3 Å². The molecule has 0 aliphatic carbocycles. The Kier molecular flexibility index (Phi) is 4.17. The van der Waals surface area contributed by atoms with Crippen molar-refractivity contribution in [1.82, 2.24) is 14.7 Å². The van der Waals surface area contributed by atoms with E-state index >= 15 is 0 Å². The maximum Gasteiger partial charge on any atom is 0.410 e. The van der Waals surface area contributed by atoms with Gasteiger partial charge in [0.05, 0.1) is 13.1 Å². The van der Waals surface area contributed by atoms with E-state index in [1.165, 1.54) is 4.90 Å². The summed E-state index contributed by atoms with van der Waals surface area (Å²) in [4.78, 5) is 29.3. The van der Waals surface area contributed by atoms with E-state index in [-0.39, 0.29) is 13.1 Å². The predicted molar refractivity (Wildman–Crippen MR) is 77.2 cm³/mol. The van der Waals surface area contributed by atoms with Crippen molar-refractivity contribution in [3.63, 3.8) is 0 Å². The molecule has 2 aliphatic rings. The fraction of sp³-hybridized carbons (Fsp3) is 0.857. The van der Waals surface area contributed by atoms with Crippen LogP contribution in [0.2, 0.25) is 0 Å². The van der Waals surface area contributed by atoms with E-state index in [0.717, 1.165) is 13.1 Å². The number of likely N-dealkylation sites (N-methyl/N-ethyl adjacent to an activating group) is 1. The molecule has 2 heterocycles.